The molecule has 1 unspecified atom stereocenters. The highest BCUT2D eigenvalue weighted by Crippen LogP contribution is 2.52. The molecule has 1 N–H and O–H groups in total. The van der Waals surface area contributed by atoms with Crippen molar-refractivity contribution >= 4 is 27.5 Å². The summed E-state index contributed by atoms with van der Waals surface area (Å²) in [6, 6.07) is 13.1. The van der Waals surface area contributed by atoms with Crippen LogP contribution in [0.5, 0.6) is 0 Å². The average Bonchev–Trinajstić information content (AvgIpc) is 3.80. The summed E-state index contributed by atoms with van der Waals surface area (Å²) in [5.74, 6) is -4.09. The van der Waals surface area contributed by atoms with Gasteiger partial charge >= 0.3 is 6.09 Å². The van der Waals surface area contributed by atoms with Gasteiger partial charge in [-0.25, -0.2) is 26.4 Å². The minimum Gasteiger partial charge on any atom is -0.453 e. The van der Waals surface area contributed by atoms with E-state index >= 15 is 13.2 Å². The Morgan fingerprint density at radius 3 is 2.26 bits per heavy atom. The lowest BCUT2D eigenvalue weighted by atomic mass is 9.57. The number of hydrogen-bond acceptors (Lipinski definition) is 9. The molecule has 0 radical (unpaired) electrons. The quantitative estimate of drug-likeness (QED) is 0.236. The molecule has 1 saturated carbocycles. The molecule has 61 heavy (non-hydrogen) atoms. The number of carbonyl (C=O) groups excluding carboxylic acids is 2. The Balaban J connectivity index is 0.886. The fourth-order valence-corrected chi connectivity index (χ4v) is 13.0. The van der Waals surface area contributed by atoms with Gasteiger partial charge in [-0.1, -0.05) is 31.1 Å². The van der Waals surface area contributed by atoms with Gasteiger partial charge in [0.25, 0.3) is 5.92 Å². The van der Waals surface area contributed by atoms with E-state index in [2.05, 4.69) is 20.0 Å². The van der Waals surface area contributed by atoms with Crippen LogP contribution in [0.15, 0.2) is 65.6 Å². The third-order valence-electron chi connectivity index (χ3n) is 14.9. The molecule has 0 aromatic heterocycles. The van der Waals surface area contributed by atoms with E-state index in [0.29, 0.717) is 18.8 Å². The average molecular weight is 869 g/mol. The first-order valence-corrected chi connectivity index (χ1v) is 24.1. The normalized spacial score (nSPS) is 26.9. The number of hydrogen-bond donors (Lipinski definition) is 1. The number of amides is 2. The summed E-state index contributed by atoms with van der Waals surface area (Å²) < 4.78 is 78.6. The van der Waals surface area contributed by atoms with E-state index in [4.69, 9.17) is 4.74 Å². The number of benzene rings is 2. The minimum absolute atomic E-state index is 0.0637. The van der Waals surface area contributed by atoms with Crippen LogP contribution in [0.25, 0.3) is 0 Å². The highest BCUT2D eigenvalue weighted by molar-refractivity contribution is 7.92. The predicted molar refractivity (Wildman–Crippen MR) is 229 cm³/mol. The van der Waals surface area contributed by atoms with Crippen molar-refractivity contribution in [3.63, 3.8) is 0 Å². The maximum atomic E-state index is 15.8. The van der Waals surface area contributed by atoms with Crippen molar-refractivity contribution in [2.45, 2.75) is 85.3 Å². The number of likely N-dealkylation sites (tertiary alicyclic amines) is 4. The highest BCUT2D eigenvalue weighted by atomic mass is 32.2. The Morgan fingerprint density at radius 2 is 1.59 bits per heavy atom. The monoisotopic (exact) mass is 868 g/mol. The second-order valence-corrected chi connectivity index (χ2v) is 20.8. The Labute approximate surface area is 359 Å². The lowest BCUT2D eigenvalue weighted by Crippen LogP contribution is -2.59. The smallest absolute Gasteiger partial charge is 0.407 e. The standard InChI is InChI=1S/C46H63F3N6O5S/c1-60-44(57)50-42-12-6-11-41(42)45(32-53-23-8-24-53,35-9-5-10-37(47)27-35)34-18-25-52(26-19-34)28-36-29-55(33-46(36,48)49)38-14-16-39(17-15-38)61(58,59)40-30-54(31-40)43(56)13-7-22-51-20-3-2-4-21-51/h5,7,9-10,13-17,27,34,36,40-42H,2-4,6,8,11-12,18-26,28-33H2,1H3,(H,50,57)/b13-7+/t36-,41-,42-,45?/m0/s1. The number of nitrogens with one attached hydrogen (secondary N) is 1. The van der Waals surface area contributed by atoms with Gasteiger partial charge in [-0.3, -0.25) is 9.69 Å². The third-order valence-corrected chi connectivity index (χ3v) is 17.0. The first kappa shape index (κ1) is 44.0. The van der Waals surface area contributed by atoms with Crippen molar-refractivity contribution < 1.29 is 35.9 Å². The molecule has 4 atom stereocenters. The number of sulfone groups is 1. The molecule has 0 spiro atoms. The number of methoxy groups -OCH3 is 1. The Hall–Kier alpha value is -3.66. The molecular formula is C46H63F3N6O5S. The number of nitrogens with zero attached hydrogens (tertiary/aromatic N) is 5. The highest BCUT2D eigenvalue weighted by Gasteiger charge is 2.54. The molecule has 6 fully saturated rings. The van der Waals surface area contributed by atoms with Crippen molar-refractivity contribution in [1.29, 1.82) is 0 Å². The van der Waals surface area contributed by atoms with E-state index < -0.39 is 45.0 Å². The van der Waals surface area contributed by atoms with Crippen molar-refractivity contribution in [3.8, 4) is 0 Å². The fraction of sp³-hybridized carbons (Fsp3) is 0.652. The van der Waals surface area contributed by atoms with E-state index in [1.54, 1.807) is 40.1 Å². The molecule has 5 aliphatic heterocycles. The van der Waals surface area contributed by atoms with Gasteiger partial charge in [0.15, 0.2) is 9.84 Å². The van der Waals surface area contributed by atoms with Gasteiger partial charge in [-0.15, -0.1) is 0 Å². The Bertz CT molecular complexity index is 1980. The van der Waals surface area contributed by atoms with Crippen LogP contribution in [-0.2, 0) is 24.8 Å². The van der Waals surface area contributed by atoms with Crippen molar-refractivity contribution in [1.82, 2.24) is 24.9 Å². The zero-order valence-corrected chi connectivity index (χ0v) is 36.4. The van der Waals surface area contributed by atoms with Gasteiger partial charge in [0.2, 0.25) is 5.91 Å². The van der Waals surface area contributed by atoms with Crippen LogP contribution in [-0.4, -0.2) is 149 Å². The van der Waals surface area contributed by atoms with Crippen LogP contribution < -0.4 is 10.2 Å². The molecule has 8 rings (SSSR count). The van der Waals surface area contributed by atoms with Gasteiger partial charge in [0, 0.05) is 62.5 Å². The van der Waals surface area contributed by atoms with Gasteiger partial charge in [0.05, 0.1) is 24.5 Å². The van der Waals surface area contributed by atoms with E-state index in [1.165, 1.54) is 44.6 Å². The van der Waals surface area contributed by atoms with Crippen molar-refractivity contribution in [2.24, 2.45) is 17.8 Å². The van der Waals surface area contributed by atoms with Gasteiger partial charge in [-0.05, 0) is 138 Å². The number of anilines is 1. The summed E-state index contributed by atoms with van der Waals surface area (Å²) in [4.78, 5) is 35.4. The molecule has 2 amide bonds. The Morgan fingerprint density at radius 1 is 0.869 bits per heavy atom. The van der Waals surface area contributed by atoms with E-state index in [-0.39, 0.29) is 60.7 Å². The molecule has 5 heterocycles. The third kappa shape index (κ3) is 9.50. The van der Waals surface area contributed by atoms with Crippen LogP contribution in [0.2, 0.25) is 0 Å². The maximum absolute atomic E-state index is 15.8. The molecule has 1 aliphatic carbocycles. The molecule has 15 heteroatoms. The second-order valence-electron chi connectivity index (χ2n) is 18.5. The van der Waals surface area contributed by atoms with Gasteiger partial charge in [0.1, 0.15) is 11.1 Å². The van der Waals surface area contributed by atoms with Gasteiger partial charge in [-0.2, -0.15) is 0 Å². The summed E-state index contributed by atoms with van der Waals surface area (Å²) in [6.45, 7) is 6.98. The number of halogens is 3. The zero-order chi connectivity index (χ0) is 42.8. The molecule has 5 saturated heterocycles. The number of ether oxygens (including phenoxy) is 1. The number of carbonyl (C=O) groups is 2. The summed E-state index contributed by atoms with van der Waals surface area (Å²) in [6.07, 6.45) is 11.8. The van der Waals surface area contributed by atoms with Crippen LogP contribution in [0, 0.1) is 23.6 Å². The summed E-state index contributed by atoms with van der Waals surface area (Å²) in [7, 11) is -2.33. The topological polar surface area (TPSA) is 106 Å². The summed E-state index contributed by atoms with van der Waals surface area (Å²) in [5, 5.41) is 2.42. The predicted octanol–water partition coefficient (Wildman–Crippen LogP) is 5.80. The van der Waals surface area contributed by atoms with E-state index in [1.807, 2.05) is 12.1 Å². The maximum Gasteiger partial charge on any atom is 0.407 e. The molecule has 11 nitrogen and oxygen atoms in total. The van der Waals surface area contributed by atoms with Crippen molar-refractivity contribution in [3.05, 3.63) is 72.1 Å². The number of rotatable bonds is 14. The zero-order valence-electron chi connectivity index (χ0n) is 35.5. The molecule has 2 aromatic carbocycles. The van der Waals surface area contributed by atoms with E-state index in [9.17, 15) is 18.0 Å². The Kier molecular flexibility index (Phi) is 13.4. The molecule has 6 aliphatic rings. The summed E-state index contributed by atoms with van der Waals surface area (Å²) in [5.41, 5.74) is 1.07. The molecule has 0 bridgehead atoms. The van der Waals surface area contributed by atoms with Crippen LogP contribution in [0.4, 0.5) is 23.7 Å². The number of piperidine rings is 2. The number of alkyl halides is 2. The molecular weight excluding hydrogens is 806 g/mol. The largest absolute Gasteiger partial charge is 0.453 e. The van der Waals surface area contributed by atoms with Crippen molar-refractivity contribution in [2.75, 3.05) is 97.1 Å². The van der Waals surface area contributed by atoms with Crippen LogP contribution >= 0.6 is 0 Å². The molecule has 334 valence electrons. The SMILES string of the molecule is COC(=O)N[C@H]1CCC[C@@H]1C(CN1CCC1)(c1cccc(F)c1)C1CCN(C[C@H]2CN(c3ccc(S(=O)(=O)C4CN(C(=O)/C=C/CN5CCCCC5)C4)cc3)CC2(F)F)CC1. The summed E-state index contributed by atoms with van der Waals surface area (Å²) >= 11 is 0. The van der Waals surface area contributed by atoms with Crippen LogP contribution in [0.1, 0.15) is 63.4 Å². The fourth-order valence-electron chi connectivity index (χ4n) is 11.3. The lowest BCUT2D eigenvalue weighted by molar-refractivity contribution is -0.129. The van der Waals surface area contributed by atoms with E-state index in [0.717, 1.165) is 83.4 Å². The van der Waals surface area contributed by atoms with Gasteiger partial charge < -0.3 is 29.7 Å². The number of alkyl carbamates (subject to hydrolysis) is 1. The first-order chi connectivity index (χ1) is 29.4. The second kappa shape index (κ2) is 18.6. The molecule has 2 aromatic rings. The van der Waals surface area contributed by atoms with Crippen LogP contribution in [0.3, 0.4) is 0 Å². The minimum atomic E-state index is -3.70. The lowest BCUT2D eigenvalue weighted by Gasteiger charge is -2.53. The first-order valence-electron chi connectivity index (χ1n) is 22.6.